The molecular weight excluding hydrogens is 296 g/mol. The summed E-state index contributed by atoms with van der Waals surface area (Å²) in [7, 11) is 2.28. The first-order valence-electron chi connectivity index (χ1n) is 9.60. The molecule has 2 fully saturated rings. The van der Waals surface area contributed by atoms with E-state index < -0.39 is 0 Å². The summed E-state index contributed by atoms with van der Waals surface area (Å²) in [5.41, 5.74) is 3.01. The van der Waals surface area contributed by atoms with Crippen molar-refractivity contribution >= 4 is 10.8 Å². The van der Waals surface area contributed by atoms with Gasteiger partial charge in [0.05, 0.1) is 0 Å². The highest BCUT2D eigenvalue weighted by molar-refractivity contribution is 5.88. The molecule has 3 atom stereocenters. The van der Waals surface area contributed by atoms with Gasteiger partial charge in [0.25, 0.3) is 5.56 Å². The van der Waals surface area contributed by atoms with E-state index in [1.807, 2.05) is 6.07 Å². The smallest absolute Gasteiger partial charge is 0.258 e. The Kier molecular flexibility index (Phi) is 3.34. The van der Waals surface area contributed by atoms with E-state index >= 15 is 0 Å². The number of benzene rings is 1. The number of nitrogens with zero attached hydrogens (tertiary/aromatic N) is 2. The molecule has 3 heteroatoms. The van der Waals surface area contributed by atoms with E-state index in [0.29, 0.717) is 18.1 Å². The molecule has 3 nitrogen and oxygen atoms in total. The van der Waals surface area contributed by atoms with Crippen molar-refractivity contribution in [3.05, 3.63) is 45.9 Å². The van der Waals surface area contributed by atoms with Crippen molar-refractivity contribution in [1.29, 1.82) is 0 Å². The molecule has 2 bridgehead atoms. The minimum Gasteiger partial charge on any atom is -0.312 e. The highest BCUT2D eigenvalue weighted by Gasteiger charge is 2.37. The van der Waals surface area contributed by atoms with Crippen LogP contribution in [0.5, 0.6) is 0 Å². The normalized spacial score (nSPS) is 29.8. The topological polar surface area (TPSA) is 25.2 Å². The van der Waals surface area contributed by atoms with E-state index in [-0.39, 0.29) is 5.56 Å². The number of pyridine rings is 1. The van der Waals surface area contributed by atoms with Gasteiger partial charge in [-0.1, -0.05) is 18.6 Å². The zero-order valence-corrected chi connectivity index (χ0v) is 14.5. The Bertz CT molecular complexity index is 839. The van der Waals surface area contributed by atoms with E-state index in [0.717, 1.165) is 31.1 Å². The second-order valence-electron chi connectivity index (χ2n) is 8.09. The quantitative estimate of drug-likeness (QED) is 0.800. The molecule has 2 saturated heterocycles. The van der Waals surface area contributed by atoms with Crippen molar-refractivity contribution in [2.24, 2.45) is 0 Å². The molecule has 3 aliphatic rings. The van der Waals surface area contributed by atoms with Crippen molar-refractivity contribution in [2.75, 3.05) is 7.05 Å². The summed E-state index contributed by atoms with van der Waals surface area (Å²) in [5.74, 6) is 0. The number of aromatic nitrogens is 1. The molecule has 0 unspecified atom stereocenters. The van der Waals surface area contributed by atoms with Gasteiger partial charge < -0.3 is 9.47 Å². The van der Waals surface area contributed by atoms with Crippen molar-refractivity contribution in [3.63, 3.8) is 0 Å². The van der Waals surface area contributed by atoms with E-state index in [9.17, 15) is 4.79 Å². The Morgan fingerprint density at radius 1 is 0.958 bits per heavy atom. The molecule has 0 amide bonds. The van der Waals surface area contributed by atoms with Gasteiger partial charge >= 0.3 is 0 Å². The maximum absolute atomic E-state index is 13.2. The first kappa shape index (κ1) is 14.7. The van der Waals surface area contributed by atoms with Gasteiger partial charge in [-0.05, 0) is 74.6 Å². The highest BCUT2D eigenvalue weighted by atomic mass is 16.1. The Morgan fingerprint density at radius 3 is 2.50 bits per heavy atom. The van der Waals surface area contributed by atoms with Crippen LogP contribution >= 0.6 is 0 Å². The molecule has 1 aliphatic carbocycles. The van der Waals surface area contributed by atoms with Crippen LogP contribution in [0.4, 0.5) is 0 Å². The second kappa shape index (κ2) is 5.45. The zero-order valence-electron chi connectivity index (χ0n) is 14.5. The molecule has 126 valence electrons. The fourth-order valence-corrected chi connectivity index (χ4v) is 5.54. The van der Waals surface area contributed by atoms with Crippen molar-refractivity contribution in [1.82, 2.24) is 9.47 Å². The third kappa shape index (κ3) is 2.10. The minimum absolute atomic E-state index is 0.241. The van der Waals surface area contributed by atoms with Crippen LogP contribution in [0.1, 0.15) is 55.7 Å². The van der Waals surface area contributed by atoms with E-state index in [4.69, 9.17) is 0 Å². The molecule has 2 aliphatic heterocycles. The number of fused-ring (bicyclic) bond motifs is 2. The molecule has 1 aromatic heterocycles. The number of hydrogen-bond acceptors (Lipinski definition) is 2. The average Bonchev–Trinajstić information content (AvgIpc) is 2.58. The van der Waals surface area contributed by atoms with Gasteiger partial charge in [0, 0.05) is 29.7 Å². The maximum Gasteiger partial charge on any atom is 0.258 e. The molecule has 0 radical (unpaired) electrons. The van der Waals surface area contributed by atoms with Gasteiger partial charge in [0.15, 0.2) is 0 Å². The molecule has 24 heavy (non-hydrogen) atoms. The van der Waals surface area contributed by atoms with Crippen LogP contribution in [0.25, 0.3) is 10.8 Å². The summed E-state index contributed by atoms with van der Waals surface area (Å²) in [6, 6.07) is 8.02. The van der Waals surface area contributed by atoms with Gasteiger partial charge in [-0.3, -0.25) is 4.79 Å². The van der Waals surface area contributed by atoms with Crippen molar-refractivity contribution in [2.45, 2.75) is 69.5 Å². The zero-order chi connectivity index (χ0) is 16.3. The SMILES string of the molecule is CN1[C@@H]2CCC[C@H]1C[C@@H](n1cc3c4c(cccc4c1=O)CCC3)C2. The molecule has 3 heterocycles. The van der Waals surface area contributed by atoms with Crippen LogP contribution in [-0.2, 0) is 12.8 Å². The summed E-state index contributed by atoms with van der Waals surface area (Å²) in [6.07, 6.45) is 11.9. The third-order valence-corrected chi connectivity index (χ3v) is 6.83. The van der Waals surface area contributed by atoms with Crippen LogP contribution in [-0.4, -0.2) is 28.6 Å². The summed E-state index contributed by atoms with van der Waals surface area (Å²) >= 11 is 0. The van der Waals surface area contributed by atoms with E-state index in [1.54, 1.807) is 0 Å². The Balaban J connectivity index is 1.63. The van der Waals surface area contributed by atoms with Crippen molar-refractivity contribution < 1.29 is 0 Å². The van der Waals surface area contributed by atoms with Gasteiger partial charge in [0.2, 0.25) is 0 Å². The van der Waals surface area contributed by atoms with Gasteiger partial charge in [-0.25, -0.2) is 0 Å². The number of hydrogen-bond donors (Lipinski definition) is 0. The summed E-state index contributed by atoms with van der Waals surface area (Å²) in [5, 5.41) is 2.21. The number of piperidine rings is 2. The van der Waals surface area contributed by atoms with Gasteiger partial charge in [-0.15, -0.1) is 0 Å². The average molecular weight is 322 g/mol. The predicted octanol–water partition coefficient (Wildman–Crippen LogP) is 3.68. The van der Waals surface area contributed by atoms with E-state index in [1.165, 1.54) is 42.2 Å². The molecule has 2 aromatic rings. The lowest BCUT2D eigenvalue weighted by molar-refractivity contribution is 0.0392. The van der Waals surface area contributed by atoms with Crippen LogP contribution in [0.2, 0.25) is 0 Å². The molecule has 0 spiro atoms. The summed E-state index contributed by atoms with van der Waals surface area (Å²) in [4.78, 5) is 15.8. The first-order valence-corrected chi connectivity index (χ1v) is 9.60. The molecule has 0 saturated carbocycles. The Labute approximate surface area is 143 Å². The van der Waals surface area contributed by atoms with Crippen LogP contribution < -0.4 is 5.56 Å². The first-order chi connectivity index (χ1) is 11.7. The number of aryl methyl sites for hydroxylation is 2. The van der Waals surface area contributed by atoms with Crippen LogP contribution in [0, 0.1) is 0 Å². The number of rotatable bonds is 1. The van der Waals surface area contributed by atoms with Gasteiger partial charge in [0.1, 0.15) is 0 Å². The van der Waals surface area contributed by atoms with Crippen LogP contribution in [0.15, 0.2) is 29.2 Å². The molecule has 1 aromatic carbocycles. The van der Waals surface area contributed by atoms with Crippen molar-refractivity contribution in [3.8, 4) is 0 Å². The maximum atomic E-state index is 13.2. The summed E-state index contributed by atoms with van der Waals surface area (Å²) < 4.78 is 2.12. The monoisotopic (exact) mass is 322 g/mol. The molecule has 5 rings (SSSR count). The summed E-state index contributed by atoms with van der Waals surface area (Å²) in [6.45, 7) is 0. The van der Waals surface area contributed by atoms with E-state index in [2.05, 4.69) is 34.8 Å². The lowest BCUT2D eigenvalue weighted by atomic mass is 9.82. The molecular formula is C21H26N2O. The standard InChI is InChI=1S/C21H26N2O/c1-22-16-8-4-9-17(22)12-18(11-16)23-13-15-7-2-5-14-6-3-10-19(20(14)15)21(23)24/h3,6,10,13,16-18H,2,4-5,7-9,11-12H2,1H3/t16-,17+,18+. The predicted molar refractivity (Wildman–Crippen MR) is 97.7 cm³/mol. The fraction of sp³-hybridized carbons (Fsp3) is 0.571. The highest BCUT2D eigenvalue weighted by Crippen LogP contribution is 2.38. The minimum atomic E-state index is 0.241. The van der Waals surface area contributed by atoms with Crippen LogP contribution in [0.3, 0.4) is 0 Å². The fourth-order valence-electron chi connectivity index (χ4n) is 5.54. The lowest BCUT2D eigenvalue weighted by Crippen LogP contribution is -2.51. The Hall–Kier alpha value is -1.61. The lowest BCUT2D eigenvalue weighted by Gasteiger charge is -2.47. The largest absolute Gasteiger partial charge is 0.312 e. The molecule has 0 N–H and O–H groups in total. The Morgan fingerprint density at radius 2 is 1.71 bits per heavy atom. The second-order valence-corrected chi connectivity index (χ2v) is 8.09. The van der Waals surface area contributed by atoms with Gasteiger partial charge in [-0.2, -0.15) is 0 Å². The third-order valence-electron chi connectivity index (χ3n) is 6.83.